The Morgan fingerprint density at radius 3 is 2.84 bits per heavy atom. The average Bonchev–Trinajstić information content (AvgIpc) is 3.37. The first kappa shape index (κ1) is 20.1. The van der Waals surface area contributed by atoms with Crippen LogP contribution in [0.1, 0.15) is 39.5 Å². The lowest BCUT2D eigenvalue weighted by Crippen LogP contribution is -2.40. The molecule has 3 aromatic rings. The fourth-order valence-corrected chi connectivity index (χ4v) is 5.63. The number of amides is 1. The Morgan fingerprint density at radius 1 is 1.23 bits per heavy atom. The number of rotatable bonds is 4. The SMILES string of the molecule is Cc1cnc2c(C(=O)N[C@@H]3CCc4ccc(S(=O)(=O)N5CCOCC5)cc43)cnn2c1. The molecule has 162 valence electrons. The van der Waals surface area contributed by atoms with Crippen molar-refractivity contribution in [1.82, 2.24) is 24.2 Å². The highest BCUT2D eigenvalue weighted by atomic mass is 32.2. The number of carbonyl (C=O) groups excluding carboxylic acids is 1. The van der Waals surface area contributed by atoms with Crippen LogP contribution in [0.2, 0.25) is 0 Å². The standard InChI is InChI=1S/C21H23N5O4S/c1-14-11-22-20-18(12-23-26(20)13-14)21(27)24-19-5-3-15-2-4-16(10-17(15)19)31(28,29)25-6-8-30-9-7-25/h2,4,10-13,19H,3,5-9H2,1H3,(H,24,27)/t19-/m1/s1. The van der Waals surface area contributed by atoms with Gasteiger partial charge in [-0.1, -0.05) is 6.07 Å². The lowest BCUT2D eigenvalue weighted by molar-refractivity contribution is 0.0730. The van der Waals surface area contributed by atoms with Crippen LogP contribution in [-0.2, 0) is 21.2 Å². The molecule has 5 rings (SSSR count). The zero-order valence-corrected chi connectivity index (χ0v) is 17.9. The third-order valence-corrected chi connectivity index (χ3v) is 7.73. The number of morpholine rings is 1. The molecule has 2 aliphatic rings. The smallest absolute Gasteiger partial charge is 0.257 e. The Morgan fingerprint density at radius 2 is 2.03 bits per heavy atom. The van der Waals surface area contributed by atoms with Gasteiger partial charge in [0.05, 0.1) is 30.3 Å². The zero-order chi connectivity index (χ0) is 21.6. The second kappa shape index (κ2) is 7.70. The van der Waals surface area contributed by atoms with Gasteiger partial charge in [0.2, 0.25) is 10.0 Å². The van der Waals surface area contributed by atoms with Gasteiger partial charge in [-0.05, 0) is 48.6 Å². The minimum absolute atomic E-state index is 0.252. The number of benzene rings is 1. The third kappa shape index (κ3) is 3.60. The number of ether oxygens (including phenoxy) is 1. The fraction of sp³-hybridized carbons (Fsp3) is 0.381. The highest BCUT2D eigenvalue weighted by Gasteiger charge is 2.30. The first-order chi connectivity index (χ1) is 14.9. The maximum Gasteiger partial charge on any atom is 0.257 e. The van der Waals surface area contributed by atoms with Gasteiger partial charge in [0.1, 0.15) is 5.56 Å². The monoisotopic (exact) mass is 441 g/mol. The number of aromatic nitrogens is 3. The summed E-state index contributed by atoms with van der Waals surface area (Å²) >= 11 is 0. The van der Waals surface area contributed by atoms with Crippen molar-refractivity contribution in [3.63, 3.8) is 0 Å². The number of carbonyl (C=O) groups is 1. The molecule has 10 heteroatoms. The largest absolute Gasteiger partial charge is 0.379 e. The summed E-state index contributed by atoms with van der Waals surface area (Å²) in [6.45, 7) is 3.40. The van der Waals surface area contributed by atoms with Crippen LogP contribution in [-0.4, -0.2) is 59.5 Å². The highest BCUT2D eigenvalue weighted by molar-refractivity contribution is 7.89. The molecule has 1 saturated heterocycles. The van der Waals surface area contributed by atoms with Crippen molar-refractivity contribution in [1.29, 1.82) is 0 Å². The van der Waals surface area contributed by atoms with Crippen LogP contribution in [0.15, 0.2) is 41.7 Å². The van der Waals surface area contributed by atoms with E-state index in [1.54, 1.807) is 22.8 Å². The number of fused-ring (bicyclic) bond motifs is 2. The van der Waals surface area contributed by atoms with Gasteiger partial charge in [-0.15, -0.1) is 0 Å². The molecule has 1 aliphatic heterocycles. The molecule has 0 saturated carbocycles. The number of hydrogen-bond donors (Lipinski definition) is 1. The van der Waals surface area contributed by atoms with Crippen LogP contribution in [0, 0.1) is 6.92 Å². The van der Waals surface area contributed by atoms with Gasteiger partial charge < -0.3 is 10.1 Å². The summed E-state index contributed by atoms with van der Waals surface area (Å²) in [5.41, 5.74) is 3.74. The molecule has 1 fully saturated rings. The molecule has 9 nitrogen and oxygen atoms in total. The summed E-state index contributed by atoms with van der Waals surface area (Å²) in [4.78, 5) is 17.5. The molecule has 0 radical (unpaired) electrons. The van der Waals surface area contributed by atoms with Crippen molar-refractivity contribution in [2.24, 2.45) is 0 Å². The Labute approximate surface area is 180 Å². The maximum absolute atomic E-state index is 13.0. The van der Waals surface area contributed by atoms with Crippen molar-refractivity contribution in [2.75, 3.05) is 26.3 Å². The van der Waals surface area contributed by atoms with E-state index in [0.29, 0.717) is 43.9 Å². The Balaban J connectivity index is 1.41. The Bertz CT molecular complexity index is 1260. The molecular formula is C21H23N5O4S. The predicted octanol–water partition coefficient (Wildman–Crippen LogP) is 1.48. The summed E-state index contributed by atoms with van der Waals surface area (Å²) < 4.78 is 34.4. The average molecular weight is 442 g/mol. The number of sulfonamides is 1. The second-order valence-corrected chi connectivity index (χ2v) is 9.84. The van der Waals surface area contributed by atoms with Crippen LogP contribution in [0.5, 0.6) is 0 Å². The third-order valence-electron chi connectivity index (χ3n) is 5.84. The lowest BCUT2D eigenvalue weighted by Gasteiger charge is -2.26. The first-order valence-corrected chi connectivity index (χ1v) is 11.7. The van der Waals surface area contributed by atoms with Gasteiger partial charge in [0.15, 0.2) is 5.65 Å². The minimum Gasteiger partial charge on any atom is -0.379 e. The summed E-state index contributed by atoms with van der Waals surface area (Å²) in [5.74, 6) is -0.273. The molecule has 1 atom stereocenters. The molecule has 0 spiro atoms. The Hall–Kier alpha value is -2.82. The molecule has 1 aliphatic carbocycles. The summed E-state index contributed by atoms with van der Waals surface area (Å²) in [6.07, 6.45) is 6.51. The van der Waals surface area contributed by atoms with E-state index in [1.165, 1.54) is 10.5 Å². The summed E-state index contributed by atoms with van der Waals surface area (Å²) in [5, 5.41) is 7.26. The highest BCUT2D eigenvalue weighted by Crippen LogP contribution is 2.34. The summed E-state index contributed by atoms with van der Waals surface area (Å²) in [6, 6.07) is 4.96. The predicted molar refractivity (Wildman–Crippen MR) is 112 cm³/mol. The zero-order valence-electron chi connectivity index (χ0n) is 17.1. The summed E-state index contributed by atoms with van der Waals surface area (Å²) in [7, 11) is -3.59. The second-order valence-electron chi connectivity index (χ2n) is 7.90. The van der Waals surface area contributed by atoms with E-state index in [2.05, 4.69) is 15.4 Å². The molecular weight excluding hydrogens is 418 g/mol. The van der Waals surface area contributed by atoms with Crippen molar-refractivity contribution in [3.8, 4) is 0 Å². The normalized spacial score (nSPS) is 19.5. The van der Waals surface area contributed by atoms with Crippen LogP contribution >= 0.6 is 0 Å². The van der Waals surface area contributed by atoms with E-state index in [4.69, 9.17) is 4.74 Å². The van der Waals surface area contributed by atoms with Gasteiger partial charge in [0.25, 0.3) is 5.91 Å². The van der Waals surface area contributed by atoms with E-state index < -0.39 is 10.0 Å². The van der Waals surface area contributed by atoms with Crippen LogP contribution in [0.4, 0.5) is 0 Å². The number of hydrogen-bond acceptors (Lipinski definition) is 6. The van der Waals surface area contributed by atoms with E-state index in [9.17, 15) is 13.2 Å². The molecule has 1 aromatic carbocycles. The van der Waals surface area contributed by atoms with Gasteiger partial charge in [-0.3, -0.25) is 4.79 Å². The van der Waals surface area contributed by atoms with Gasteiger partial charge in [0, 0.05) is 25.5 Å². The lowest BCUT2D eigenvalue weighted by atomic mass is 10.1. The van der Waals surface area contributed by atoms with Crippen LogP contribution in [0.3, 0.4) is 0 Å². The number of nitrogens with zero attached hydrogens (tertiary/aromatic N) is 4. The number of aryl methyl sites for hydroxylation is 2. The van der Waals surface area contributed by atoms with Crippen molar-refractivity contribution < 1.29 is 17.9 Å². The quantitative estimate of drug-likeness (QED) is 0.657. The molecule has 1 N–H and O–H groups in total. The van der Waals surface area contributed by atoms with E-state index in [-0.39, 0.29) is 16.8 Å². The van der Waals surface area contributed by atoms with Crippen LogP contribution in [0.25, 0.3) is 5.65 Å². The van der Waals surface area contributed by atoms with Crippen molar-refractivity contribution in [2.45, 2.75) is 30.7 Å². The maximum atomic E-state index is 13.0. The van der Waals surface area contributed by atoms with Crippen molar-refractivity contribution >= 4 is 21.6 Å². The number of nitrogens with one attached hydrogen (secondary N) is 1. The van der Waals surface area contributed by atoms with Gasteiger partial charge in [-0.2, -0.15) is 9.40 Å². The molecule has 0 bridgehead atoms. The molecule has 2 aromatic heterocycles. The topological polar surface area (TPSA) is 106 Å². The van der Waals surface area contributed by atoms with E-state index >= 15 is 0 Å². The fourth-order valence-electron chi connectivity index (χ4n) is 4.19. The van der Waals surface area contributed by atoms with E-state index in [0.717, 1.165) is 23.1 Å². The Kier molecular flexibility index (Phi) is 4.99. The van der Waals surface area contributed by atoms with E-state index in [1.807, 2.05) is 19.2 Å². The molecule has 1 amide bonds. The van der Waals surface area contributed by atoms with Gasteiger partial charge >= 0.3 is 0 Å². The molecule has 31 heavy (non-hydrogen) atoms. The molecule has 3 heterocycles. The van der Waals surface area contributed by atoms with Crippen molar-refractivity contribution in [3.05, 3.63) is 59.0 Å². The van der Waals surface area contributed by atoms with Crippen LogP contribution < -0.4 is 5.32 Å². The minimum atomic E-state index is -3.59. The van der Waals surface area contributed by atoms with Gasteiger partial charge in [-0.25, -0.2) is 17.9 Å². The first-order valence-electron chi connectivity index (χ1n) is 10.2. The molecule has 0 unspecified atom stereocenters.